The Labute approximate surface area is 270 Å². The molecule has 2 N–H and O–H groups in total. The van der Waals surface area contributed by atoms with Gasteiger partial charge in [0.05, 0.1) is 11.3 Å². The van der Waals surface area contributed by atoms with Gasteiger partial charge in [-0.2, -0.15) is 0 Å². The van der Waals surface area contributed by atoms with Crippen molar-refractivity contribution < 1.29 is 9.90 Å². The van der Waals surface area contributed by atoms with Gasteiger partial charge in [-0.25, -0.2) is 9.97 Å². The van der Waals surface area contributed by atoms with Crippen LogP contribution in [0, 0.1) is 6.92 Å². The number of piperidine rings is 1. The van der Waals surface area contributed by atoms with Gasteiger partial charge in [-0.3, -0.25) is 4.90 Å². The SMILES string of the molecule is Cc1c(-c2ncnc3[nH]c(-c4ccc(CN5CCC(C)(O)CC5)cc4)cc23)cccc1N1CCc2cc(C3CC3)ccc2C1C=O. The summed E-state index contributed by atoms with van der Waals surface area (Å²) in [4.78, 5) is 30.2. The van der Waals surface area contributed by atoms with Crippen molar-refractivity contribution in [3.05, 3.63) is 101 Å². The second kappa shape index (κ2) is 11.5. The fourth-order valence-electron chi connectivity index (χ4n) is 7.51. The van der Waals surface area contributed by atoms with E-state index in [-0.39, 0.29) is 6.04 Å². The number of likely N-dealkylation sites (tertiary alicyclic amines) is 1. The molecule has 3 aromatic carbocycles. The molecule has 234 valence electrons. The van der Waals surface area contributed by atoms with E-state index in [1.165, 1.54) is 29.5 Å². The summed E-state index contributed by atoms with van der Waals surface area (Å²) in [5, 5.41) is 11.3. The van der Waals surface area contributed by atoms with Gasteiger partial charge >= 0.3 is 0 Å². The summed E-state index contributed by atoms with van der Waals surface area (Å²) in [5.74, 6) is 0.708. The van der Waals surface area contributed by atoms with Crippen LogP contribution < -0.4 is 4.90 Å². The van der Waals surface area contributed by atoms with Crippen molar-refractivity contribution >= 4 is 23.0 Å². The smallest absolute Gasteiger partial charge is 0.146 e. The Balaban J connectivity index is 1.07. The van der Waals surface area contributed by atoms with Gasteiger partial charge in [0.2, 0.25) is 0 Å². The van der Waals surface area contributed by atoms with E-state index in [4.69, 9.17) is 4.98 Å². The number of H-pyrrole nitrogens is 1. The van der Waals surface area contributed by atoms with Crippen molar-refractivity contribution in [1.82, 2.24) is 19.9 Å². The average molecular weight is 612 g/mol. The van der Waals surface area contributed by atoms with Gasteiger partial charge in [0.25, 0.3) is 0 Å². The van der Waals surface area contributed by atoms with Gasteiger partial charge in [-0.1, -0.05) is 54.6 Å². The molecule has 1 saturated heterocycles. The number of aromatic nitrogens is 3. The molecule has 0 spiro atoms. The molecule has 0 radical (unpaired) electrons. The number of hydrogen-bond donors (Lipinski definition) is 2. The zero-order chi connectivity index (χ0) is 31.4. The first kappa shape index (κ1) is 29.1. The third-order valence-electron chi connectivity index (χ3n) is 10.5. The minimum atomic E-state index is -0.533. The second-order valence-corrected chi connectivity index (χ2v) is 13.8. The summed E-state index contributed by atoms with van der Waals surface area (Å²) in [5.41, 5.74) is 11.6. The van der Waals surface area contributed by atoms with E-state index in [1.54, 1.807) is 6.33 Å². The predicted octanol–water partition coefficient (Wildman–Crippen LogP) is 7.13. The molecule has 0 bridgehead atoms. The summed E-state index contributed by atoms with van der Waals surface area (Å²) in [6, 6.07) is 23.7. The second-order valence-electron chi connectivity index (χ2n) is 13.8. The fraction of sp³-hybridized carbons (Fsp3) is 0.359. The number of carbonyl (C=O) groups excluding carboxylic acids is 1. The van der Waals surface area contributed by atoms with E-state index in [9.17, 15) is 9.90 Å². The minimum absolute atomic E-state index is 0.303. The lowest BCUT2D eigenvalue weighted by Crippen LogP contribution is -2.41. The molecule has 7 heteroatoms. The average Bonchev–Trinajstić information content (AvgIpc) is 3.83. The van der Waals surface area contributed by atoms with Crippen molar-refractivity contribution in [2.75, 3.05) is 24.5 Å². The van der Waals surface area contributed by atoms with Gasteiger partial charge < -0.3 is 19.8 Å². The van der Waals surface area contributed by atoms with Crippen LogP contribution in [0.2, 0.25) is 0 Å². The van der Waals surface area contributed by atoms with E-state index >= 15 is 0 Å². The Morgan fingerprint density at radius 1 is 1.00 bits per heavy atom. The molecule has 7 nitrogen and oxygen atoms in total. The Kier molecular flexibility index (Phi) is 7.26. The zero-order valence-corrected chi connectivity index (χ0v) is 26.7. The highest BCUT2D eigenvalue weighted by Gasteiger charge is 2.31. The number of nitrogens with one attached hydrogen (secondary N) is 1. The maximum absolute atomic E-state index is 12.6. The van der Waals surface area contributed by atoms with E-state index in [0.29, 0.717) is 5.92 Å². The highest BCUT2D eigenvalue weighted by atomic mass is 16.3. The largest absolute Gasteiger partial charge is 0.390 e. The number of benzene rings is 3. The molecule has 46 heavy (non-hydrogen) atoms. The maximum atomic E-state index is 12.6. The predicted molar refractivity (Wildman–Crippen MR) is 183 cm³/mol. The lowest BCUT2D eigenvalue weighted by Gasteiger charge is -2.37. The van der Waals surface area contributed by atoms with Crippen LogP contribution in [-0.4, -0.2) is 56.5 Å². The van der Waals surface area contributed by atoms with Gasteiger partial charge in [0, 0.05) is 48.5 Å². The maximum Gasteiger partial charge on any atom is 0.146 e. The van der Waals surface area contributed by atoms with Crippen LogP contribution in [0.25, 0.3) is 33.5 Å². The van der Waals surface area contributed by atoms with Gasteiger partial charge in [0.15, 0.2) is 0 Å². The molecule has 5 aromatic rings. The van der Waals surface area contributed by atoms with Crippen LogP contribution in [0.1, 0.15) is 72.4 Å². The topological polar surface area (TPSA) is 85.3 Å². The zero-order valence-electron chi connectivity index (χ0n) is 26.7. The summed E-state index contributed by atoms with van der Waals surface area (Å²) in [7, 11) is 0. The molecule has 1 aliphatic carbocycles. The van der Waals surface area contributed by atoms with E-state index in [0.717, 1.165) is 102 Å². The first-order chi connectivity index (χ1) is 22.4. The first-order valence-corrected chi connectivity index (χ1v) is 16.7. The van der Waals surface area contributed by atoms with Gasteiger partial charge in [-0.05, 0) is 97.4 Å². The number of aliphatic hydroxyl groups is 1. The van der Waals surface area contributed by atoms with Crippen LogP contribution in [0.15, 0.2) is 73.1 Å². The number of nitrogens with zero attached hydrogens (tertiary/aromatic N) is 4. The van der Waals surface area contributed by atoms with Crippen molar-refractivity contribution in [3.8, 4) is 22.5 Å². The molecule has 2 aromatic heterocycles. The van der Waals surface area contributed by atoms with Crippen molar-refractivity contribution in [3.63, 3.8) is 0 Å². The van der Waals surface area contributed by atoms with E-state index < -0.39 is 5.60 Å². The number of fused-ring (bicyclic) bond motifs is 2. The number of hydrogen-bond acceptors (Lipinski definition) is 6. The highest BCUT2D eigenvalue weighted by Crippen LogP contribution is 2.43. The molecule has 3 aliphatic rings. The number of aromatic amines is 1. The normalized spacial score (nSPS) is 19.7. The van der Waals surface area contributed by atoms with Crippen LogP contribution in [0.4, 0.5) is 5.69 Å². The molecule has 2 aliphatic heterocycles. The summed E-state index contributed by atoms with van der Waals surface area (Å²) >= 11 is 0. The quantitative estimate of drug-likeness (QED) is 0.191. The number of rotatable bonds is 7. The molecular weight excluding hydrogens is 570 g/mol. The lowest BCUT2D eigenvalue weighted by molar-refractivity contribution is -0.109. The Bertz CT molecular complexity index is 1910. The molecule has 8 rings (SSSR count). The Hall–Kier alpha value is -4.33. The van der Waals surface area contributed by atoms with Crippen molar-refractivity contribution in [2.45, 2.75) is 70.1 Å². The van der Waals surface area contributed by atoms with E-state index in [1.807, 2.05) is 6.92 Å². The third-order valence-corrected chi connectivity index (χ3v) is 10.5. The molecule has 2 fully saturated rings. The van der Waals surface area contributed by atoms with Gasteiger partial charge in [-0.15, -0.1) is 0 Å². The van der Waals surface area contributed by atoms with E-state index in [2.05, 4.69) is 93.4 Å². The molecule has 1 unspecified atom stereocenters. The molecule has 4 heterocycles. The number of anilines is 1. The summed E-state index contributed by atoms with van der Waals surface area (Å²) in [6.07, 6.45) is 7.86. The number of aldehydes is 1. The standard InChI is InChI=1S/C39H41N5O2/c1-25-31(4-3-5-35(25)44-17-14-30-20-29(27-10-11-27)12-13-32(30)36(44)23-45)37-33-21-34(42-38(33)41-24-40-37)28-8-6-26(7-9-28)22-43-18-15-39(2,46)16-19-43/h3-9,12-13,20-21,23-24,27,36,46H,10-11,14-19,22H2,1-2H3,(H,40,41,42). The summed E-state index contributed by atoms with van der Waals surface area (Å²) < 4.78 is 0. The monoisotopic (exact) mass is 611 g/mol. The molecule has 1 atom stereocenters. The number of carbonyl (C=O) groups is 1. The molecule has 1 saturated carbocycles. The molecule has 0 amide bonds. The molecular formula is C39H41N5O2. The Morgan fingerprint density at radius 2 is 1.80 bits per heavy atom. The highest BCUT2D eigenvalue weighted by molar-refractivity contribution is 5.95. The van der Waals surface area contributed by atoms with Crippen molar-refractivity contribution in [1.29, 1.82) is 0 Å². The third kappa shape index (κ3) is 5.41. The minimum Gasteiger partial charge on any atom is -0.390 e. The first-order valence-electron chi connectivity index (χ1n) is 16.7. The van der Waals surface area contributed by atoms with Crippen molar-refractivity contribution in [2.24, 2.45) is 0 Å². The van der Waals surface area contributed by atoms with Crippen LogP contribution >= 0.6 is 0 Å². The lowest BCUT2D eigenvalue weighted by atomic mass is 9.89. The fourth-order valence-corrected chi connectivity index (χ4v) is 7.51. The van der Waals surface area contributed by atoms with Crippen LogP contribution in [-0.2, 0) is 17.8 Å². The summed E-state index contributed by atoms with van der Waals surface area (Å²) in [6.45, 7) is 7.61. The van der Waals surface area contributed by atoms with Gasteiger partial charge in [0.1, 0.15) is 24.3 Å². The Morgan fingerprint density at radius 3 is 2.57 bits per heavy atom. The van der Waals surface area contributed by atoms with Crippen LogP contribution in [0.5, 0.6) is 0 Å². The van der Waals surface area contributed by atoms with Crippen LogP contribution in [0.3, 0.4) is 0 Å².